The zero-order chi connectivity index (χ0) is 15.6. The summed E-state index contributed by atoms with van der Waals surface area (Å²) in [5.41, 5.74) is 7.96. The predicted molar refractivity (Wildman–Crippen MR) is 85.7 cm³/mol. The summed E-state index contributed by atoms with van der Waals surface area (Å²) in [4.78, 5) is 14.2. The quantitative estimate of drug-likeness (QED) is 0.846. The van der Waals surface area contributed by atoms with Crippen LogP contribution in [-0.2, 0) is 0 Å². The largest absolute Gasteiger partial charge is 0.397 e. The monoisotopic (exact) mass is 287 g/mol. The number of aromatic nitrogens is 2. The van der Waals surface area contributed by atoms with E-state index >= 15 is 0 Å². The summed E-state index contributed by atoms with van der Waals surface area (Å²) in [5, 5.41) is 7.04. The van der Waals surface area contributed by atoms with Crippen molar-refractivity contribution in [2.24, 2.45) is 0 Å². The van der Waals surface area contributed by atoms with E-state index in [-0.39, 0.29) is 11.9 Å². The van der Waals surface area contributed by atoms with Crippen LogP contribution < -0.4 is 16.0 Å². The Labute approximate surface area is 124 Å². The van der Waals surface area contributed by atoms with E-state index in [4.69, 9.17) is 5.73 Å². The molecule has 0 spiro atoms. The van der Waals surface area contributed by atoms with Crippen LogP contribution >= 0.6 is 0 Å². The molecule has 0 radical (unpaired) electrons. The zero-order valence-electron chi connectivity index (χ0n) is 12.8. The van der Waals surface area contributed by atoms with Crippen LogP contribution in [0.15, 0.2) is 30.5 Å². The van der Waals surface area contributed by atoms with Gasteiger partial charge < -0.3 is 16.0 Å². The minimum Gasteiger partial charge on any atom is -0.397 e. The zero-order valence-corrected chi connectivity index (χ0v) is 12.8. The lowest BCUT2D eigenvalue weighted by molar-refractivity contribution is 0.102. The number of amides is 1. The van der Waals surface area contributed by atoms with Crippen molar-refractivity contribution >= 4 is 23.1 Å². The van der Waals surface area contributed by atoms with Gasteiger partial charge in [-0.15, -0.1) is 0 Å². The molecule has 2 rings (SSSR count). The molecule has 1 aromatic heterocycles. The predicted octanol–water partition coefficient (Wildman–Crippen LogP) is 2.36. The molecule has 1 heterocycles. The number of nitrogens with zero attached hydrogens (tertiary/aromatic N) is 3. The first-order chi connectivity index (χ1) is 9.90. The molecule has 0 aliphatic rings. The smallest absolute Gasteiger partial charge is 0.256 e. The van der Waals surface area contributed by atoms with Crippen LogP contribution in [0.2, 0.25) is 0 Å². The lowest BCUT2D eigenvalue weighted by Crippen LogP contribution is -2.17. The molecule has 2 aromatic rings. The van der Waals surface area contributed by atoms with E-state index < -0.39 is 0 Å². The Morgan fingerprint density at radius 3 is 2.62 bits per heavy atom. The molecule has 6 nitrogen and oxygen atoms in total. The molecular formula is C15H21N5O. The second-order valence-corrected chi connectivity index (χ2v) is 5.38. The van der Waals surface area contributed by atoms with Gasteiger partial charge in [0.05, 0.1) is 17.6 Å². The van der Waals surface area contributed by atoms with Gasteiger partial charge in [-0.05, 0) is 32.0 Å². The highest BCUT2D eigenvalue weighted by atomic mass is 16.1. The standard InChI is InChI=1S/C15H21N5O/c1-10(2)20-14(7-8-17-20)18-15(21)11-5-6-13(19(3)4)12(16)9-11/h5-10H,16H2,1-4H3,(H,18,21). The molecule has 0 aliphatic heterocycles. The molecule has 1 aromatic carbocycles. The fourth-order valence-electron chi connectivity index (χ4n) is 2.12. The average molecular weight is 287 g/mol. The SMILES string of the molecule is CC(C)n1nccc1NC(=O)c1ccc(N(C)C)c(N)c1. The van der Waals surface area contributed by atoms with Gasteiger partial charge in [0.25, 0.3) is 5.91 Å². The summed E-state index contributed by atoms with van der Waals surface area (Å²) in [6.07, 6.45) is 1.67. The summed E-state index contributed by atoms with van der Waals surface area (Å²) in [5.74, 6) is 0.472. The number of hydrogen-bond acceptors (Lipinski definition) is 4. The Kier molecular flexibility index (Phi) is 4.16. The van der Waals surface area contributed by atoms with Crippen molar-refractivity contribution in [2.45, 2.75) is 19.9 Å². The maximum absolute atomic E-state index is 12.3. The number of nitrogen functional groups attached to an aromatic ring is 1. The fraction of sp³-hybridized carbons (Fsp3) is 0.333. The highest BCUT2D eigenvalue weighted by molar-refractivity contribution is 6.04. The Morgan fingerprint density at radius 1 is 1.33 bits per heavy atom. The lowest BCUT2D eigenvalue weighted by atomic mass is 10.1. The third-order valence-corrected chi connectivity index (χ3v) is 3.17. The average Bonchev–Trinajstić information content (AvgIpc) is 2.86. The van der Waals surface area contributed by atoms with E-state index in [2.05, 4.69) is 10.4 Å². The van der Waals surface area contributed by atoms with Gasteiger partial charge >= 0.3 is 0 Å². The number of nitrogens with two attached hydrogens (primary N) is 1. The van der Waals surface area contributed by atoms with Crippen LogP contribution in [-0.4, -0.2) is 29.8 Å². The molecule has 0 atom stereocenters. The molecule has 112 valence electrons. The van der Waals surface area contributed by atoms with Gasteiger partial charge in [0.2, 0.25) is 0 Å². The molecule has 1 amide bonds. The van der Waals surface area contributed by atoms with Gasteiger partial charge in [0.1, 0.15) is 5.82 Å². The number of benzene rings is 1. The first-order valence-electron chi connectivity index (χ1n) is 6.82. The molecule has 0 aliphatic carbocycles. The first-order valence-corrected chi connectivity index (χ1v) is 6.82. The third kappa shape index (κ3) is 3.16. The second-order valence-electron chi connectivity index (χ2n) is 5.38. The van der Waals surface area contributed by atoms with Crippen LogP contribution in [0.5, 0.6) is 0 Å². The van der Waals surface area contributed by atoms with Crippen molar-refractivity contribution in [3.05, 3.63) is 36.0 Å². The van der Waals surface area contributed by atoms with Crippen molar-refractivity contribution < 1.29 is 4.79 Å². The Bertz CT molecular complexity index is 645. The van der Waals surface area contributed by atoms with E-state index in [1.807, 2.05) is 38.9 Å². The van der Waals surface area contributed by atoms with Crippen LogP contribution in [0.25, 0.3) is 0 Å². The van der Waals surface area contributed by atoms with E-state index in [1.54, 1.807) is 29.1 Å². The lowest BCUT2D eigenvalue weighted by Gasteiger charge is -2.16. The maximum Gasteiger partial charge on any atom is 0.256 e. The third-order valence-electron chi connectivity index (χ3n) is 3.17. The van der Waals surface area contributed by atoms with E-state index in [0.29, 0.717) is 17.1 Å². The Hall–Kier alpha value is -2.50. The number of rotatable bonds is 4. The van der Waals surface area contributed by atoms with Gasteiger partial charge in [-0.3, -0.25) is 4.79 Å². The van der Waals surface area contributed by atoms with Crippen molar-refractivity contribution in [3.63, 3.8) is 0 Å². The summed E-state index contributed by atoms with van der Waals surface area (Å²) >= 11 is 0. The fourth-order valence-corrected chi connectivity index (χ4v) is 2.12. The number of carbonyl (C=O) groups excluding carboxylic acids is 1. The van der Waals surface area contributed by atoms with Gasteiger partial charge in [-0.25, -0.2) is 4.68 Å². The number of hydrogen-bond donors (Lipinski definition) is 2. The van der Waals surface area contributed by atoms with Crippen LogP contribution in [0, 0.1) is 0 Å². The van der Waals surface area contributed by atoms with Crippen LogP contribution in [0.3, 0.4) is 0 Å². The number of carbonyl (C=O) groups is 1. The summed E-state index contributed by atoms with van der Waals surface area (Å²) in [6.45, 7) is 4.01. The Balaban J connectivity index is 2.21. The maximum atomic E-state index is 12.3. The number of nitrogens with one attached hydrogen (secondary N) is 1. The van der Waals surface area contributed by atoms with Crippen LogP contribution in [0.4, 0.5) is 17.2 Å². The second kappa shape index (κ2) is 5.87. The molecular weight excluding hydrogens is 266 g/mol. The highest BCUT2D eigenvalue weighted by Crippen LogP contribution is 2.23. The van der Waals surface area contributed by atoms with E-state index in [1.165, 1.54) is 0 Å². The minimum absolute atomic E-state index is 0.177. The molecule has 6 heteroatoms. The minimum atomic E-state index is -0.200. The van der Waals surface area contributed by atoms with Crippen molar-refractivity contribution in [3.8, 4) is 0 Å². The summed E-state index contributed by atoms with van der Waals surface area (Å²) in [6, 6.07) is 7.23. The molecule has 0 fully saturated rings. The van der Waals surface area contributed by atoms with Gasteiger partial charge in [-0.2, -0.15) is 5.10 Å². The molecule has 0 unspecified atom stereocenters. The topological polar surface area (TPSA) is 76.2 Å². The van der Waals surface area contributed by atoms with Crippen molar-refractivity contribution in [1.82, 2.24) is 9.78 Å². The van der Waals surface area contributed by atoms with Crippen molar-refractivity contribution in [2.75, 3.05) is 30.0 Å². The van der Waals surface area contributed by atoms with Gasteiger partial charge in [-0.1, -0.05) is 0 Å². The molecule has 0 bridgehead atoms. The normalized spacial score (nSPS) is 10.7. The van der Waals surface area contributed by atoms with Crippen LogP contribution in [0.1, 0.15) is 30.2 Å². The van der Waals surface area contributed by atoms with Gasteiger partial charge in [0, 0.05) is 31.8 Å². The molecule has 0 saturated heterocycles. The summed E-state index contributed by atoms with van der Waals surface area (Å²) < 4.78 is 1.76. The van der Waals surface area contributed by atoms with E-state index in [9.17, 15) is 4.79 Å². The summed E-state index contributed by atoms with van der Waals surface area (Å²) in [7, 11) is 3.82. The molecule has 0 saturated carbocycles. The Morgan fingerprint density at radius 2 is 2.05 bits per heavy atom. The van der Waals surface area contributed by atoms with Crippen molar-refractivity contribution in [1.29, 1.82) is 0 Å². The molecule has 3 N–H and O–H groups in total. The van der Waals surface area contributed by atoms with Gasteiger partial charge in [0.15, 0.2) is 0 Å². The number of anilines is 3. The molecule has 21 heavy (non-hydrogen) atoms. The highest BCUT2D eigenvalue weighted by Gasteiger charge is 2.13. The first kappa shape index (κ1) is 14.9. The van der Waals surface area contributed by atoms with E-state index in [0.717, 1.165) is 5.69 Å².